The summed E-state index contributed by atoms with van der Waals surface area (Å²) in [6.07, 6.45) is 7.53. The molecule has 4 aromatic heterocycles. The molecule has 0 fully saturated rings. The highest BCUT2D eigenvalue weighted by Crippen LogP contribution is 2.22. The second kappa shape index (κ2) is 5.19. The summed E-state index contributed by atoms with van der Waals surface area (Å²) in [5.74, 6) is 0.736. The van der Waals surface area contributed by atoms with E-state index in [1.54, 1.807) is 28.2 Å². The van der Waals surface area contributed by atoms with Crippen molar-refractivity contribution in [2.45, 2.75) is 0 Å². The molecule has 0 aliphatic carbocycles. The molecule has 0 spiro atoms. The molecule has 0 saturated heterocycles. The number of rotatable bonds is 3. The van der Waals surface area contributed by atoms with Crippen molar-refractivity contribution in [1.29, 1.82) is 0 Å². The third-order valence-electron chi connectivity index (χ3n) is 2.88. The van der Waals surface area contributed by atoms with Crippen LogP contribution in [0.5, 0.6) is 0 Å². The van der Waals surface area contributed by atoms with E-state index in [1.165, 1.54) is 16.2 Å². The van der Waals surface area contributed by atoms with Crippen molar-refractivity contribution in [2.75, 3.05) is 0 Å². The summed E-state index contributed by atoms with van der Waals surface area (Å²) in [5, 5.41) is 15.9. The van der Waals surface area contributed by atoms with Gasteiger partial charge in [-0.25, -0.2) is 0 Å². The Labute approximate surface area is 128 Å². The van der Waals surface area contributed by atoms with Gasteiger partial charge in [0.2, 0.25) is 4.96 Å². The van der Waals surface area contributed by atoms with Crippen LogP contribution in [0.25, 0.3) is 28.5 Å². The first-order chi connectivity index (χ1) is 10.4. The van der Waals surface area contributed by atoms with Crippen molar-refractivity contribution < 1.29 is 0 Å². The smallest absolute Gasteiger partial charge is 0.235 e. The van der Waals surface area contributed by atoms with Gasteiger partial charge >= 0.3 is 0 Å². The predicted molar refractivity (Wildman–Crippen MR) is 85.1 cm³/mol. The lowest BCUT2D eigenvalue weighted by Crippen LogP contribution is -1.90. The molecule has 5 nitrogen and oxygen atoms in total. The third kappa shape index (κ3) is 2.37. The summed E-state index contributed by atoms with van der Waals surface area (Å²) in [7, 11) is 0. The summed E-state index contributed by atoms with van der Waals surface area (Å²) in [6, 6.07) is 7.90. The number of fused-ring (bicyclic) bond motifs is 1. The average Bonchev–Trinajstić information content (AvgIpc) is 3.22. The Balaban J connectivity index is 1.73. The van der Waals surface area contributed by atoms with Gasteiger partial charge in [0.1, 0.15) is 5.01 Å². The molecule has 0 atom stereocenters. The number of thiophene rings is 1. The molecule has 0 radical (unpaired) electrons. The van der Waals surface area contributed by atoms with Crippen molar-refractivity contribution in [3.8, 4) is 11.4 Å². The fraction of sp³-hybridized carbons (Fsp3) is 0. The number of hydrogen-bond acceptors (Lipinski definition) is 6. The van der Waals surface area contributed by atoms with Crippen LogP contribution in [0.1, 0.15) is 9.88 Å². The minimum absolute atomic E-state index is 0.736. The van der Waals surface area contributed by atoms with Gasteiger partial charge in [-0.15, -0.1) is 21.5 Å². The average molecular weight is 311 g/mol. The van der Waals surface area contributed by atoms with Gasteiger partial charge in [-0.1, -0.05) is 17.4 Å². The van der Waals surface area contributed by atoms with Gasteiger partial charge in [-0.05, 0) is 35.7 Å². The molecule has 7 heteroatoms. The van der Waals surface area contributed by atoms with Crippen LogP contribution in [-0.2, 0) is 0 Å². The maximum Gasteiger partial charge on any atom is 0.235 e. The van der Waals surface area contributed by atoms with Crippen LogP contribution >= 0.6 is 22.7 Å². The fourth-order valence-corrected chi connectivity index (χ4v) is 3.28. The molecule has 0 N–H and O–H groups in total. The SMILES string of the molecule is C(=C\c1nn2c(-c3ccncc3)nnc2s1)/c1cccs1. The van der Waals surface area contributed by atoms with Crippen LogP contribution in [0.4, 0.5) is 0 Å². The molecule has 4 aromatic rings. The van der Waals surface area contributed by atoms with E-state index in [4.69, 9.17) is 0 Å². The Morgan fingerprint density at radius 1 is 1.05 bits per heavy atom. The lowest BCUT2D eigenvalue weighted by molar-refractivity contribution is 0.959. The van der Waals surface area contributed by atoms with Gasteiger partial charge in [0.25, 0.3) is 0 Å². The van der Waals surface area contributed by atoms with Crippen molar-refractivity contribution >= 4 is 39.8 Å². The minimum Gasteiger partial charge on any atom is -0.265 e. The van der Waals surface area contributed by atoms with E-state index in [0.717, 1.165) is 21.4 Å². The lowest BCUT2D eigenvalue weighted by Gasteiger charge is -1.94. The molecule has 0 aromatic carbocycles. The highest BCUT2D eigenvalue weighted by molar-refractivity contribution is 7.17. The first kappa shape index (κ1) is 12.4. The molecule has 0 saturated carbocycles. The predicted octanol–water partition coefficient (Wildman–Crippen LogP) is 3.48. The summed E-state index contributed by atoms with van der Waals surface area (Å²) >= 11 is 3.21. The molecule has 0 aliphatic heterocycles. The number of hydrogen-bond donors (Lipinski definition) is 0. The van der Waals surface area contributed by atoms with Crippen LogP contribution in [0.3, 0.4) is 0 Å². The maximum absolute atomic E-state index is 4.56. The fourth-order valence-electron chi connectivity index (χ4n) is 1.92. The Hall–Kier alpha value is -2.38. The van der Waals surface area contributed by atoms with E-state index >= 15 is 0 Å². The molecule has 0 bridgehead atoms. The topological polar surface area (TPSA) is 56.0 Å². The summed E-state index contributed by atoms with van der Waals surface area (Å²) in [4.78, 5) is 6.00. The van der Waals surface area contributed by atoms with Crippen molar-refractivity contribution in [1.82, 2.24) is 24.8 Å². The Bertz CT molecular complexity index is 890. The van der Waals surface area contributed by atoms with Crippen LogP contribution in [-0.4, -0.2) is 24.8 Å². The van der Waals surface area contributed by atoms with Crippen molar-refractivity contribution in [2.24, 2.45) is 0 Å². The molecule has 21 heavy (non-hydrogen) atoms. The zero-order chi connectivity index (χ0) is 14.1. The van der Waals surface area contributed by atoms with Gasteiger partial charge in [0.15, 0.2) is 5.82 Å². The van der Waals surface area contributed by atoms with Crippen LogP contribution in [0.15, 0.2) is 42.0 Å². The highest BCUT2D eigenvalue weighted by atomic mass is 32.1. The van der Waals surface area contributed by atoms with Gasteiger partial charge < -0.3 is 0 Å². The van der Waals surface area contributed by atoms with E-state index < -0.39 is 0 Å². The zero-order valence-electron chi connectivity index (χ0n) is 10.7. The normalized spacial score (nSPS) is 11.6. The van der Waals surface area contributed by atoms with Crippen LogP contribution in [0.2, 0.25) is 0 Å². The molecular formula is C14H9N5S2. The molecule has 4 heterocycles. The molecular weight excluding hydrogens is 302 g/mol. The van der Waals surface area contributed by atoms with Crippen molar-refractivity contribution in [3.05, 3.63) is 51.9 Å². The van der Waals surface area contributed by atoms with E-state index in [2.05, 4.69) is 37.8 Å². The lowest BCUT2D eigenvalue weighted by atomic mass is 10.2. The highest BCUT2D eigenvalue weighted by Gasteiger charge is 2.11. The molecule has 0 amide bonds. The number of nitrogens with zero attached hydrogens (tertiary/aromatic N) is 5. The minimum atomic E-state index is 0.736. The second-order valence-corrected chi connectivity index (χ2v) is 6.21. The van der Waals surface area contributed by atoms with E-state index in [-0.39, 0.29) is 0 Å². The molecule has 4 rings (SSSR count). The first-order valence-corrected chi connectivity index (χ1v) is 7.94. The summed E-state index contributed by atoms with van der Waals surface area (Å²) in [5.41, 5.74) is 0.955. The van der Waals surface area contributed by atoms with Gasteiger partial charge in [0, 0.05) is 22.8 Å². The first-order valence-electron chi connectivity index (χ1n) is 6.24. The Morgan fingerprint density at radius 2 is 1.95 bits per heavy atom. The van der Waals surface area contributed by atoms with E-state index in [9.17, 15) is 0 Å². The number of aromatic nitrogens is 5. The van der Waals surface area contributed by atoms with Crippen LogP contribution < -0.4 is 0 Å². The summed E-state index contributed by atoms with van der Waals surface area (Å²) in [6.45, 7) is 0. The molecule has 0 aliphatic rings. The monoisotopic (exact) mass is 311 g/mol. The zero-order valence-corrected chi connectivity index (χ0v) is 12.4. The van der Waals surface area contributed by atoms with E-state index in [1.807, 2.05) is 24.3 Å². The van der Waals surface area contributed by atoms with Gasteiger partial charge in [-0.3, -0.25) is 4.98 Å². The summed E-state index contributed by atoms with van der Waals surface area (Å²) < 4.78 is 1.77. The number of pyridine rings is 1. The second-order valence-electron chi connectivity index (χ2n) is 4.24. The Morgan fingerprint density at radius 3 is 2.76 bits per heavy atom. The standard InChI is InChI=1S/C14H9N5S2/c1-2-11(20-9-1)3-4-12-18-19-13(16-17-14(19)21-12)10-5-7-15-8-6-10/h1-9H/b4-3+. The van der Waals surface area contributed by atoms with E-state index in [0.29, 0.717) is 0 Å². The van der Waals surface area contributed by atoms with Gasteiger partial charge in [0.05, 0.1) is 0 Å². The third-order valence-corrected chi connectivity index (χ3v) is 4.58. The molecule has 0 unspecified atom stereocenters. The molecule has 102 valence electrons. The van der Waals surface area contributed by atoms with Crippen molar-refractivity contribution in [3.63, 3.8) is 0 Å². The quantitative estimate of drug-likeness (QED) is 0.581. The van der Waals surface area contributed by atoms with Gasteiger partial charge in [-0.2, -0.15) is 9.61 Å². The van der Waals surface area contributed by atoms with Crippen LogP contribution in [0, 0.1) is 0 Å². The Kier molecular flexibility index (Phi) is 3.06. The largest absolute Gasteiger partial charge is 0.265 e. The maximum atomic E-state index is 4.56.